The summed E-state index contributed by atoms with van der Waals surface area (Å²) < 4.78 is 0.476. The summed E-state index contributed by atoms with van der Waals surface area (Å²) in [5, 5.41) is 14.4. The summed E-state index contributed by atoms with van der Waals surface area (Å²) in [6, 6.07) is 17.4. The molecule has 4 rings (SSSR count). The lowest BCUT2D eigenvalue weighted by Crippen LogP contribution is -2.41. The van der Waals surface area contributed by atoms with E-state index in [1.807, 2.05) is 13.0 Å². The minimum Gasteiger partial charge on any atom is -0.322 e. The number of anilines is 1. The number of nitrogens with zero attached hydrogens (tertiary/aromatic N) is 1. The average molecular weight is 509 g/mol. The largest absolute Gasteiger partial charge is 0.322 e. The number of hydrogen-bond donors (Lipinski definition) is 3. The Bertz CT molecular complexity index is 1480. The van der Waals surface area contributed by atoms with Crippen LogP contribution >= 0.6 is 22.9 Å². The molecule has 0 unspecified atom stereocenters. The molecule has 0 aliphatic heterocycles. The molecule has 3 N–H and O–H groups in total. The van der Waals surface area contributed by atoms with E-state index in [1.54, 1.807) is 30.3 Å². The highest BCUT2D eigenvalue weighted by atomic mass is 35.5. The van der Waals surface area contributed by atoms with Crippen LogP contribution in [0.15, 0.2) is 66.7 Å². The van der Waals surface area contributed by atoms with Gasteiger partial charge in [0, 0.05) is 39.0 Å². The standard InChI is InChI=1S/C24H17ClN4O5S/c1-13-3-2-4-15(11-13)22(30)26-16-7-5-14(6-8-16)23(31)27-28-24(32)21-20(25)18-10-9-17(29(33)34)12-19(18)35-21/h2-12H,1H3,(H,26,30)(H,27,31)(H,28,32). The second kappa shape index (κ2) is 9.92. The molecule has 1 heterocycles. The van der Waals surface area contributed by atoms with Crippen molar-refractivity contribution in [2.75, 3.05) is 5.32 Å². The summed E-state index contributed by atoms with van der Waals surface area (Å²) >= 11 is 7.24. The van der Waals surface area contributed by atoms with Gasteiger partial charge in [-0.15, -0.1) is 11.3 Å². The van der Waals surface area contributed by atoms with Gasteiger partial charge in [0.05, 0.1) is 9.95 Å². The first-order valence-electron chi connectivity index (χ1n) is 10.2. The fourth-order valence-corrected chi connectivity index (χ4v) is 4.70. The van der Waals surface area contributed by atoms with Crippen molar-refractivity contribution < 1.29 is 19.3 Å². The normalized spacial score (nSPS) is 10.6. The quantitative estimate of drug-likeness (QED) is 0.255. The summed E-state index contributed by atoms with van der Waals surface area (Å²) in [6.45, 7) is 1.89. The van der Waals surface area contributed by atoms with Crippen molar-refractivity contribution in [3.63, 3.8) is 0 Å². The Morgan fingerprint density at radius 2 is 1.60 bits per heavy atom. The molecule has 11 heteroatoms. The first-order chi connectivity index (χ1) is 16.7. The fourth-order valence-electron chi connectivity index (χ4n) is 3.25. The Balaban J connectivity index is 1.38. The number of carbonyl (C=O) groups is 3. The van der Waals surface area contributed by atoms with Crippen molar-refractivity contribution in [1.29, 1.82) is 0 Å². The van der Waals surface area contributed by atoms with Crippen molar-refractivity contribution >= 4 is 62.1 Å². The summed E-state index contributed by atoms with van der Waals surface area (Å²) in [7, 11) is 0. The van der Waals surface area contributed by atoms with Crippen LogP contribution in [0.1, 0.15) is 36.0 Å². The lowest BCUT2D eigenvalue weighted by molar-refractivity contribution is -0.384. The molecule has 0 bridgehead atoms. The second-order valence-corrected chi connectivity index (χ2v) is 8.92. The zero-order chi connectivity index (χ0) is 25.1. The lowest BCUT2D eigenvalue weighted by Gasteiger charge is -2.09. The minimum absolute atomic E-state index is 0.108. The van der Waals surface area contributed by atoms with E-state index in [4.69, 9.17) is 11.6 Å². The number of non-ortho nitro benzene ring substituents is 1. The molecule has 0 saturated carbocycles. The van der Waals surface area contributed by atoms with Gasteiger partial charge in [-0.25, -0.2) is 0 Å². The van der Waals surface area contributed by atoms with Gasteiger partial charge in [0.2, 0.25) is 0 Å². The Hall–Kier alpha value is -4.28. The number of aryl methyl sites for hydroxylation is 1. The number of thiophene rings is 1. The van der Waals surface area contributed by atoms with Gasteiger partial charge in [0.15, 0.2) is 0 Å². The molecule has 0 aliphatic rings. The van der Waals surface area contributed by atoms with Crippen molar-refractivity contribution in [1.82, 2.24) is 10.9 Å². The monoisotopic (exact) mass is 508 g/mol. The predicted octanol–water partition coefficient (Wildman–Crippen LogP) is 5.10. The molecule has 3 amide bonds. The van der Waals surface area contributed by atoms with Gasteiger partial charge in [-0.2, -0.15) is 0 Å². The average Bonchev–Trinajstić information content (AvgIpc) is 3.18. The maximum atomic E-state index is 12.5. The first-order valence-corrected chi connectivity index (χ1v) is 11.4. The number of benzene rings is 3. The van der Waals surface area contributed by atoms with Gasteiger partial charge < -0.3 is 5.32 Å². The highest BCUT2D eigenvalue weighted by Crippen LogP contribution is 2.37. The van der Waals surface area contributed by atoms with Crippen LogP contribution in [0.5, 0.6) is 0 Å². The van der Waals surface area contributed by atoms with Crippen LogP contribution in [0.3, 0.4) is 0 Å². The van der Waals surface area contributed by atoms with Crippen LogP contribution < -0.4 is 16.2 Å². The van der Waals surface area contributed by atoms with E-state index >= 15 is 0 Å². The van der Waals surface area contributed by atoms with Crippen molar-refractivity contribution in [2.45, 2.75) is 6.92 Å². The van der Waals surface area contributed by atoms with E-state index in [9.17, 15) is 24.5 Å². The Morgan fingerprint density at radius 3 is 2.29 bits per heavy atom. The molecular weight excluding hydrogens is 492 g/mol. The van der Waals surface area contributed by atoms with Crippen LogP contribution in [0.25, 0.3) is 10.1 Å². The summed E-state index contributed by atoms with van der Waals surface area (Å²) in [5.41, 5.74) is 6.71. The molecule has 3 aromatic carbocycles. The van der Waals surface area contributed by atoms with E-state index in [2.05, 4.69) is 16.2 Å². The lowest BCUT2D eigenvalue weighted by atomic mass is 10.1. The van der Waals surface area contributed by atoms with E-state index in [0.29, 0.717) is 21.3 Å². The highest BCUT2D eigenvalue weighted by Gasteiger charge is 2.20. The second-order valence-electron chi connectivity index (χ2n) is 7.49. The van der Waals surface area contributed by atoms with Crippen LogP contribution in [-0.4, -0.2) is 22.6 Å². The van der Waals surface area contributed by atoms with Crippen molar-refractivity contribution in [3.8, 4) is 0 Å². The number of hydrogen-bond acceptors (Lipinski definition) is 6. The number of carbonyl (C=O) groups excluding carboxylic acids is 3. The van der Waals surface area contributed by atoms with E-state index in [0.717, 1.165) is 16.9 Å². The molecule has 0 fully saturated rings. The first kappa shape index (κ1) is 23.9. The molecule has 4 aromatic rings. The van der Waals surface area contributed by atoms with Crippen LogP contribution in [0.2, 0.25) is 5.02 Å². The molecule has 0 radical (unpaired) electrons. The summed E-state index contributed by atoms with van der Waals surface area (Å²) in [6.07, 6.45) is 0. The van der Waals surface area contributed by atoms with Crippen LogP contribution in [-0.2, 0) is 0 Å². The number of halogens is 1. The number of fused-ring (bicyclic) bond motifs is 1. The number of hydrazine groups is 1. The Labute approximate surface area is 207 Å². The molecule has 0 saturated heterocycles. The molecule has 1 aromatic heterocycles. The molecule has 0 spiro atoms. The maximum absolute atomic E-state index is 12.5. The zero-order valence-corrected chi connectivity index (χ0v) is 19.7. The number of nitrogens with one attached hydrogen (secondary N) is 3. The van der Waals surface area contributed by atoms with Crippen molar-refractivity contribution in [2.24, 2.45) is 0 Å². The van der Waals surface area contributed by atoms with Crippen molar-refractivity contribution in [3.05, 3.63) is 103 Å². The van der Waals surface area contributed by atoms with Gasteiger partial charge >= 0.3 is 0 Å². The molecule has 0 aliphatic carbocycles. The molecule has 35 heavy (non-hydrogen) atoms. The van der Waals surface area contributed by atoms with Gasteiger partial charge in [-0.3, -0.25) is 35.3 Å². The van der Waals surface area contributed by atoms with E-state index in [1.165, 1.54) is 30.3 Å². The molecule has 0 atom stereocenters. The maximum Gasteiger partial charge on any atom is 0.281 e. The Morgan fingerprint density at radius 1 is 0.886 bits per heavy atom. The Kier molecular flexibility index (Phi) is 6.76. The van der Waals surface area contributed by atoms with Gasteiger partial charge in [-0.05, 0) is 49.4 Å². The topological polar surface area (TPSA) is 130 Å². The SMILES string of the molecule is Cc1cccc(C(=O)Nc2ccc(C(=O)NNC(=O)c3sc4cc([N+](=O)[O-])ccc4c3Cl)cc2)c1. The number of nitro groups is 1. The zero-order valence-electron chi connectivity index (χ0n) is 18.1. The number of amides is 3. The third-order valence-electron chi connectivity index (χ3n) is 5.00. The third-order valence-corrected chi connectivity index (χ3v) is 6.66. The minimum atomic E-state index is -0.658. The van der Waals surface area contributed by atoms with Gasteiger partial charge in [0.25, 0.3) is 23.4 Å². The highest BCUT2D eigenvalue weighted by molar-refractivity contribution is 7.21. The fraction of sp³-hybridized carbons (Fsp3) is 0.0417. The predicted molar refractivity (Wildman–Crippen MR) is 134 cm³/mol. The summed E-state index contributed by atoms with van der Waals surface area (Å²) in [4.78, 5) is 47.9. The molecule has 176 valence electrons. The number of rotatable bonds is 5. The molecular formula is C24H17ClN4O5S. The summed E-state index contributed by atoms with van der Waals surface area (Å²) in [5.74, 6) is -1.51. The number of nitro benzene ring substituents is 1. The third kappa shape index (κ3) is 5.29. The van der Waals surface area contributed by atoms with Crippen LogP contribution in [0.4, 0.5) is 11.4 Å². The molecule has 9 nitrogen and oxygen atoms in total. The van der Waals surface area contributed by atoms with Crippen LogP contribution in [0, 0.1) is 17.0 Å². The van der Waals surface area contributed by atoms with Gasteiger partial charge in [0.1, 0.15) is 4.88 Å². The smallest absolute Gasteiger partial charge is 0.281 e. The van der Waals surface area contributed by atoms with Gasteiger partial charge in [-0.1, -0.05) is 29.3 Å². The van der Waals surface area contributed by atoms with E-state index in [-0.39, 0.29) is 27.1 Å². The van der Waals surface area contributed by atoms with E-state index < -0.39 is 16.7 Å².